The van der Waals surface area contributed by atoms with Crippen molar-refractivity contribution in [3.63, 3.8) is 0 Å². The summed E-state index contributed by atoms with van der Waals surface area (Å²) in [4.78, 5) is 15.2. The van der Waals surface area contributed by atoms with E-state index in [-0.39, 0.29) is 23.2 Å². The molecule has 0 bridgehead atoms. The van der Waals surface area contributed by atoms with Crippen LogP contribution in [0.25, 0.3) is 0 Å². The van der Waals surface area contributed by atoms with Gasteiger partial charge in [-0.05, 0) is 266 Å². The molecule has 1 aromatic rings. The fraction of sp³-hybridized carbons (Fsp3) is 0.873. The van der Waals surface area contributed by atoms with E-state index in [9.17, 15) is 0 Å². The number of carbonyl (C=O) groups excluding carboxylic acids is 1. The van der Waals surface area contributed by atoms with Gasteiger partial charge in [-0.2, -0.15) is 0 Å². The van der Waals surface area contributed by atoms with Gasteiger partial charge in [0.15, 0.2) is 8.32 Å². The highest BCUT2D eigenvalue weighted by molar-refractivity contribution is 6.74. The number of hydrogen-bond donors (Lipinski definition) is 0. The normalized spacial score (nSPS) is 65.8. The highest BCUT2D eigenvalue weighted by atomic mass is 28.4. The van der Waals surface area contributed by atoms with Crippen molar-refractivity contribution in [2.24, 2.45) is 178 Å². The van der Waals surface area contributed by atoms with Crippen LogP contribution in [0.3, 0.4) is 0 Å². The topological polar surface area (TPSA) is 35.5 Å². The summed E-state index contributed by atoms with van der Waals surface area (Å²) < 4.78 is 15.8. The van der Waals surface area contributed by atoms with Gasteiger partial charge < -0.3 is 9.16 Å². The Labute approximate surface area is 355 Å². The van der Waals surface area contributed by atoms with Crippen LogP contribution >= 0.6 is 0 Å². The second-order valence-electron chi connectivity index (χ2n) is 27.8. The summed E-state index contributed by atoms with van der Waals surface area (Å²) in [6, 6.07) is 6.43. The summed E-state index contributed by atoms with van der Waals surface area (Å²) >= 11 is 0. The van der Waals surface area contributed by atoms with Crippen molar-refractivity contribution < 1.29 is 14.0 Å². The van der Waals surface area contributed by atoms with Crippen molar-refractivity contribution >= 4 is 14.3 Å². The zero-order valence-corrected chi connectivity index (χ0v) is 38.1. The van der Waals surface area contributed by atoms with Crippen molar-refractivity contribution in [1.82, 2.24) is 0 Å². The predicted molar refractivity (Wildman–Crippen MR) is 229 cm³/mol. The summed E-state index contributed by atoms with van der Waals surface area (Å²) in [6.45, 7) is 16.8. The van der Waals surface area contributed by atoms with Gasteiger partial charge in [0.1, 0.15) is 6.10 Å². The number of rotatable bonds is 4. The molecule has 0 radical (unpaired) electrons. The molecule has 16 fully saturated rings. The molecular weight excluding hydrogens is 737 g/mol. The zero-order valence-electron chi connectivity index (χ0n) is 37.1. The summed E-state index contributed by atoms with van der Waals surface area (Å²) in [5.41, 5.74) is 3.03. The maximum atomic E-state index is 15.2. The highest BCUT2D eigenvalue weighted by Gasteiger charge is 2.90. The van der Waals surface area contributed by atoms with Crippen LogP contribution in [0, 0.1) is 191 Å². The molecule has 59 heavy (non-hydrogen) atoms. The standard InChI is InChI=1S/C55H72O3Si/c1-19-9-8-10-20(2)29(19)54(56)57-52-38-27-17-15-25-23-13-11-21-22-12-14-24-26-16-18-28-37-35(26)42-33(24)31(22)40-30(21)32(23)41-34(25)36(27)43-45(38)46(39(28)53(52)58-59(6,7)55(3,4)5)44(37)51-49(42)47(40)48(41)50(43)51/h8-10,21-28,30-53H,11-18H2,1-7H3. The Hall–Kier alpha value is -1.13. The van der Waals surface area contributed by atoms with E-state index in [0.29, 0.717) is 11.8 Å². The molecule has 32 unspecified atom stereocenters. The van der Waals surface area contributed by atoms with Gasteiger partial charge in [-0.3, -0.25) is 0 Å². The predicted octanol–water partition coefficient (Wildman–Crippen LogP) is 11.0. The molecule has 314 valence electrons. The van der Waals surface area contributed by atoms with Crippen LogP contribution in [0.4, 0.5) is 0 Å². The summed E-state index contributed by atoms with van der Waals surface area (Å²) in [6.07, 6.45) is 12.5. The largest absolute Gasteiger partial charge is 0.456 e. The molecule has 4 heteroatoms. The fourth-order valence-corrected chi connectivity index (χ4v) is 28.2. The van der Waals surface area contributed by atoms with Crippen LogP contribution in [0.1, 0.15) is 93.6 Å². The van der Waals surface area contributed by atoms with E-state index < -0.39 is 8.32 Å². The lowest BCUT2D eigenvalue weighted by Gasteiger charge is -2.62. The van der Waals surface area contributed by atoms with Gasteiger partial charge in [-0.15, -0.1) is 0 Å². The van der Waals surface area contributed by atoms with Gasteiger partial charge in [0, 0.05) is 5.92 Å². The molecule has 0 saturated heterocycles. The Balaban J connectivity index is 0.930. The molecule has 32 atom stereocenters. The van der Waals surface area contributed by atoms with E-state index in [2.05, 4.69) is 65.9 Å². The SMILES string of the molecule is Cc1cccc(C)c1C(=O)OC1C(O[Si](C)(C)C(C)(C)C)C2C3CCC4C5CCC6C7CCC8C9CCC%10C1C1C2C2C3C4C3C5C6C4C7C8C5C9C%10C1C1C5C4C3C21. The summed E-state index contributed by atoms with van der Waals surface area (Å²) in [7, 11) is -2.21. The van der Waals surface area contributed by atoms with E-state index in [0.717, 1.165) is 182 Å². The van der Waals surface area contributed by atoms with E-state index in [1.165, 1.54) is 25.7 Å². The molecule has 16 aliphatic rings. The molecule has 0 N–H and O–H groups in total. The molecule has 0 heterocycles. The first-order chi connectivity index (χ1) is 28.5. The summed E-state index contributed by atoms with van der Waals surface area (Å²) in [5.74, 6) is 29.7. The van der Waals surface area contributed by atoms with Gasteiger partial charge in [0.05, 0.1) is 11.7 Å². The minimum atomic E-state index is -2.21. The number of ether oxygens (including phenoxy) is 1. The first-order valence-corrected chi connectivity index (χ1v) is 29.3. The molecule has 0 aliphatic heterocycles. The molecule has 16 saturated carbocycles. The third-order valence-corrected chi connectivity index (χ3v) is 31.6. The van der Waals surface area contributed by atoms with Crippen molar-refractivity contribution in [3.8, 4) is 0 Å². The van der Waals surface area contributed by atoms with Gasteiger partial charge in [-0.25, -0.2) is 4.79 Å². The highest BCUT2D eigenvalue weighted by Crippen LogP contribution is 2.93. The average molecular weight is 809 g/mol. The smallest absolute Gasteiger partial charge is 0.339 e. The monoisotopic (exact) mass is 809 g/mol. The van der Waals surface area contributed by atoms with Crippen molar-refractivity contribution in [2.45, 2.75) is 116 Å². The number of benzene rings is 1. The summed E-state index contributed by atoms with van der Waals surface area (Å²) in [5, 5.41) is 0.127. The van der Waals surface area contributed by atoms with Gasteiger partial charge in [0.25, 0.3) is 0 Å². The number of carbonyl (C=O) groups is 1. The number of esters is 1. The maximum absolute atomic E-state index is 15.2. The lowest BCUT2D eigenvalue weighted by atomic mass is 9.43. The first kappa shape index (κ1) is 34.3. The number of hydrogen-bond acceptors (Lipinski definition) is 3. The van der Waals surface area contributed by atoms with Crippen LogP contribution in [-0.4, -0.2) is 26.5 Å². The second-order valence-corrected chi connectivity index (χ2v) is 32.6. The van der Waals surface area contributed by atoms with Crippen LogP contribution < -0.4 is 0 Å². The van der Waals surface area contributed by atoms with Crippen LogP contribution in [0.15, 0.2) is 18.2 Å². The van der Waals surface area contributed by atoms with Crippen LogP contribution in [0.5, 0.6) is 0 Å². The Kier molecular flexibility index (Phi) is 5.93. The molecule has 1 aromatic carbocycles. The van der Waals surface area contributed by atoms with E-state index in [1.807, 2.05) is 0 Å². The quantitative estimate of drug-likeness (QED) is 0.225. The zero-order chi connectivity index (χ0) is 39.0. The van der Waals surface area contributed by atoms with Gasteiger partial charge in [-0.1, -0.05) is 39.0 Å². The van der Waals surface area contributed by atoms with E-state index in [4.69, 9.17) is 9.16 Å². The third-order valence-electron chi connectivity index (χ3n) is 27.2. The maximum Gasteiger partial charge on any atom is 0.339 e. The Morgan fingerprint density at radius 2 is 0.746 bits per heavy atom. The van der Waals surface area contributed by atoms with Crippen molar-refractivity contribution in [1.29, 1.82) is 0 Å². The number of aryl methyl sites for hydroxylation is 2. The number of fused-ring (bicyclic) bond motifs is 5. The molecule has 0 spiro atoms. The second kappa shape index (κ2) is 10.2. The molecule has 0 amide bonds. The molecule has 16 aliphatic carbocycles. The van der Waals surface area contributed by atoms with Gasteiger partial charge in [0.2, 0.25) is 0 Å². The molecule has 0 aromatic heterocycles. The first-order valence-electron chi connectivity index (χ1n) is 26.4. The minimum Gasteiger partial charge on any atom is -0.456 e. The Morgan fingerprint density at radius 3 is 1.12 bits per heavy atom. The van der Waals surface area contributed by atoms with Crippen molar-refractivity contribution in [3.05, 3.63) is 34.9 Å². The Morgan fingerprint density at radius 1 is 0.458 bits per heavy atom. The van der Waals surface area contributed by atoms with Crippen LogP contribution in [0.2, 0.25) is 18.1 Å². The lowest BCUT2D eigenvalue weighted by molar-refractivity contribution is -0.175. The Bertz CT molecular complexity index is 2120. The molecule has 3 nitrogen and oxygen atoms in total. The van der Waals surface area contributed by atoms with E-state index in [1.54, 1.807) is 25.7 Å². The fourth-order valence-electron chi connectivity index (χ4n) is 26.9. The van der Waals surface area contributed by atoms with Crippen LogP contribution in [-0.2, 0) is 9.16 Å². The van der Waals surface area contributed by atoms with E-state index >= 15 is 4.79 Å². The third kappa shape index (κ3) is 3.33. The molecular formula is C55H72O3Si. The minimum absolute atomic E-state index is 0.0143. The molecule has 17 rings (SSSR count). The lowest BCUT2D eigenvalue weighted by Crippen LogP contribution is -2.63. The average Bonchev–Trinajstić information content (AvgIpc) is 4.02. The van der Waals surface area contributed by atoms with Crippen molar-refractivity contribution in [2.75, 3.05) is 0 Å². The van der Waals surface area contributed by atoms with Gasteiger partial charge >= 0.3 is 5.97 Å².